The quantitative estimate of drug-likeness (QED) is 0.840. The summed E-state index contributed by atoms with van der Waals surface area (Å²) in [5, 5.41) is 0. The van der Waals surface area contributed by atoms with Crippen LogP contribution >= 0.6 is 0 Å². The average molecular weight is 339 g/mol. The van der Waals surface area contributed by atoms with E-state index in [9.17, 15) is 4.79 Å². The van der Waals surface area contributed by atoms with Gasteiger partial charge in [-0.2, -0.15) is 0 Å². The highest BCUT2D eigenvalue weighted by molar-refractivity contribution is 5.99. The number of nitrogens with zero attached hydrogens (tertiary/aromatic N) is 1. The summed E-state index contributed by atoms with van der Waals surface area (Å²) in [5.74, 6) is 2.15. The average Bonchev–Trinajstić information content (AvgIpc) is 2.67. The summed E-state index contributed by atoms with van der Waals surface area (Å²) in [6, 6.07) is 13.3. The van der Waals surface area contributed by atoms with Crippen molar-refractivity contribution in [1.82, 2.24) is 4.90 Å². The van der Waals surface area contributed by atoms with Crippen LogP contribution in [0.1, 0.15) is 11.1 Å². The summed E-state index contributed by atoms with van der Waals surface area (Å²) in [4.78, 5) is 14.4. The first-order chi connectivity index (χ1) is 12.1. The molecule has 0 unspecified atom stereocenters. The third kappa shape index (κ3) is 3.60. The summed E-state index contributed by atoms with van der Waals surface area (Å²) in [7, 11) is 4.99. The number of benzene rings is 2. The Balaban J connectivity index is 1.77. The van der Waals surface area contributed by atoms with Crippen LogP contribution in [-0.2, 0) is 11.3 Å². The number of para-hydroxylation sites is 1. The highest BCUT2D eigenvalue weighted by Crippen LogP contribution is 2.28. The van der Waals surface area contributed by atoms with Crippen molar-refractivity contribution in [3.05, 3.63) is 59.2 Å². The molecule has 1 amide bonds. The number of amides is 1. The van der Waals surface area contributed by atoms with Gasteiger partial charge in [-0.15, -0.1) is 0 Å². The van der Waals surface area contributed by atoms with E-state index in [-0.39, 0.29) is 12.5 Å². The maximum absolute atomic E-state index is 12.7. The molecule has 3 rings (SSSR count). The van der Waals surface area contributed by atoms with Crippen molar-refractivity contribution < 1.29 is 19.0 Å². The molecule has 2 aromatic carbocycles. The van der Waals surface area contributed by atoms with Crippen molar-refractivity contribution >= 4 is 12.0 Å². The van der Waals surface area contributed by atoms with Crippen LogP contribution in [0.3, 0.4) is 0 Å². The lowest BCUT2D eigenvalue weighted by atomic mass is 10.1. The number of hydrogen-bond acceptors (Lipinski definition) is 4. The van der Waals surface area contributed by atoms with Crippen LogP contribution in [0, 0.1) is 0 Å². The second kappa shape index (κ2) is 7.30. The molecule has 0 spiro atoms. The fourth-order valence-electron chi connectivity index (χ4n) is 2.79. The number of carbonyl (C=O) groups is 1. The molecule has 1 heterocycles. The van der Waals surface area contributed by atoms with Crippen LogP contribution in [0.15, 0.2) is 48.0 Å². The minimum Gasteiger partial charge on any atom is -0.497 e. The van der Waals surface area contributed by atoms with Gasteiger partial charge in [0.05, 0.1) is 19.8 Å². The fraction of sp³-hybridized carbons (Fsp3) is 0.250. The third-order valence-corrected chi connectivity index (χ3v) is 4.16. The first kappa shape index (κ1) is 16.9. The van der Waals surface area contributed by atoms with Gasteiger partial charge in [0.1, 0.15) is 23.9 Å². The molecular formula is C20H21NO4. The Kier molecular flexibility index (Phi) is 4.93. The summed E-state index contributed by atoms with van der Waals surface area (Å²) in [6.45, 7) is 0.713. The number of methoxy groups -OCH3 is 2. The van der Waals surface area contributed by atoms with Gasteiger partial charge in [0.15, 0.2) is 0 Å². The van der Waals surface area contributed by atoms with Gasteiger partial charge < -0.3 is 19.1 Å². The third-order valence-electron chi connectivity index (χ3n) is 4.16. The molecule has 25 heavy (non-hydrogen) atoms. The molecule has 0 saturated heterocycles. The Morgan fingerprint density at radius 1 is 1.16 bits per heavy atom. The molecule has 0 bridgehead atoms. The van der Waals surface area contributed by atoms with E-state index >= 15 is 0 Å². The predicted molar refractivity (Wildman–Crippen MR) is 95.9 cm³/mol. The maximum atomic E-state index is 12.7. The van der Waals surface area contributed by atoms with E-state index in [0.29, 0.717) is 17.9 Å². The standard InChI is InChI=1S/C20H21NO4/c1-21(12-15-8-9-17(23-2)11-19(15)24-3)20(22)16-10-14-6-4-5-7-18(14)25-13-16/h4-11H,12-13H2,1-3H3. The van der Waals surface area contributed by atoms with Crippen molar-refractivity contribution in [3.63, 3.8) is 0 Å². The minimum atomic E-state index is -0.0626. The van der Waals surface area contributed by atoms with Crippen molar-refractivity contribution in [2.24, 2.45) is 0 Å². The molecule has 5 heteroatoms. The lowest BCUT2D eigenvalue weighted by Crippen LogP contribution is -2.30. The summed E-state index contributed by atoms with van der Waals surface area (Å²) in [5.41, 5.74) is 2.47. The first-order valence-corrected chi connectivity index (χ1v) is 8.01. The fourth-order valence-corrected chi connectivity index (χ4v) is 2.79. The molecule has 0 atom stereocenters. The number of rotatable bonds is 5. The molecule has 1 aliphatic rings. The first-order valence-electron chi connectivity index (χ1n) is 8.01. The van der Waals surface area contributed by atoms with Crippen molar-refractivity contribution in [2.75, 3.05) is 27.9 Å². The van der Waals surface area contributed by atoms with Gasteiger partial charge in [-0.05, 0) is 24.3 Å². The van der Waals surface area contributed by atoms with Gasteiger partial charge in [-0.25, -0.2) is 0 Å². The molecular weight excluding hydrogens is 318 g/mol. The van der Waals surface area contributed by atoms with Gasteiger partial charge in [0, 0.05) is 30.8 Å². The predicted octanol–water partition coefficient (Wildman–Crippen LogP) is 3.14. The Morgan fingerprint density at radius 2 is 1.96 bits per heavy atom. The van der Waals surface area contributed by atoms with E-state index in [4.69, 9.17) is 14.2 Å². The second-order valence-corrected chi connectivity index (χ2v) is 5.84. The van der Waals surface area contributed by atoms with Crippen molar-refractivity contribution in [2.45, 2.75) is 6.54 Å². The number of carbonyl (C=O) groups excluding carboxylic acids is 1. The summed E-state index contributed by atoms with van der Waals surface area (Å²) >= 11 is 0. The molecule has 130 valence electrons. The smallest absolute Gasteiger partial charge is 0.253 e. The van der Waals surface area contributed by atoms with Gasteiger partial charge in [-0.1, -0.05) is 18.2 Å². The maximum Gasteiger partial charge on any atom is 0.253 e. The number of likely N-dealkylation sites (N-methyl/N-ethyl adjacent to an activating group) is 1. The van der Waals surface area contributed by atoms with Gasteiger partial charge in [0.2, 0.25) is 0 Å². The summed E-state index contributed by atoms with van der Waals surface area (Å²) in [6.07, 6.45) is 1.89. The Morgan fingerprint density at radius 3 is 2.72 bits per heavy atom. The van der Waals surface area contributed by atoms with Crippen LogP contribution in [0.5, 0.6) is 17.2 Å². The van der Waals surface area contributed by atoms with Crippen LogP contribution in [0.2, 0.25) is 0 Å². The van der Waals surface area contributed by atoms with E-state index in [1.807, 2.05) is 48.5 Å². The number of hydrogen-bond donors (Lipinski definition) is 0. The van der Waals surface area contributed by atoms with E-state index in [0.717, 1.165) is 22.6 Å². The van der Waals surface area contributed by atoms with E-state index < -0.39 is 0 Å². The molecule has 0 radical (unpaired) electrons. The Bertz CT molecular complexity index is 813. The van der Waals surface area contributed by atoms with Gasteiger partial charge >= 0.3 is 0 Å². The molecule has 0 fully saturated rings. The largest absolute Gasteiger partial charge is 0.497 e. The van der Waals surface area contributed by atoms with Crippen molar-refractivity contribution in [3.8, 4) is 17.2 Å². The molecule has 0 aromatic heterocycles. The van der Waals surface area contributed by atoms with E-state index in [2.05, 4.69) is 0 Å². The molecule has 0 saturated carbocycles. The Hall–Kier alpha value is -2.95. The zero-order valence-corrected chi connectivity index (χ0v) is 14.6. The normalized spacial score (nSPS) is 12.5. The van der Waals surface area contributed by atoms with Crippen LogP contribution in [0.25, 0.3) is 6.08 Å². The van der Waals surface area contributed by atoms with Crippen LogP contribution in [-0.4, -0.2) is 38.7 Å². The minimum absolute atomic E-state index is 0.0626. The number of fused-ring (bicyclic) bond motifs is 1. The zero-order chi connectivity index (χ0) is 17.8. The lowest BCUT2D eigenvalue weighted by Gasteiger charge is -2.23. The molecule has 1 aliphatic heterocycles. The van der Waals surface area contributed by atoms with E-state index in [1.165, 1.54) is 0 Å². The molecule has 0 aliphatic carbocycles. The topological polar surface area (TPSA) is 48.0 Å². The molecule has 0 N–H and O–H groups in total. The SMILES string of the molecule is COc1ccc(CN(C)C(=O)C2=Cc3ccccc3OC2)c(OC)c1. The highest BCUT2D eigenvalue weighted by Gasteiger charge is 2.21. The van der Waals surface area contributed by atoms with Crippen LogP contribution in [0.4, 0.5) is 0 Å². The molecule has 5 nitrogen and oxygen atoms in total. The lowest BCUT2D eigenvalue weighted by molar-refractivity contribution is -0.126. The van der Waals surface area contributed by atoms with Gasteiger partial charge in [0.25, 0.3) is 5.91 Å². The highest BCUT2D eigenvalue weighted by atomic mass is 16.5. The summed E-state index contributed by atoms with van der Waals surface area (Å²) < 4.78 is 16.3. The number of ether oxygens (including phenoxy) is 3. The van der Waals surface area contributed by atoms with Crippen LogP contribution < -0.4 is 14.2 Å². The molecule has 2 aromatic rings. The van der Waals surface area contributed by atoms with Gasteiger partial charge in [-0.3, -0.25) is 4.79 Å². The van der Waals surface area contributed by atoms with E-state index in [1.54, 1.807) is 26.2 Å². The zero-order valence-electron chi connectivity index (χ0n) is 14.6. The Labute approximate surface area is 147 Å². The second-order valence-electron chi connectivity index (χ2n) is 5.84. The van der Waals surface area contributed by atoms with Crippen molar-refractivity contribution in [1.29, 1.82) is 0 Å². The monoisotopic (exact) mass is 339 g/mol.